The van der Waals surface area contributed by atoms with E-state index in [0.717, 1.165) is 0 Å². The molecule has 0 aliphatic carbocycles. The highest BCUT2D eigenvalue weighted by atomic mass is 127. The van der Waals surface area contributed by atoms with Crippen LogP contribution in [0.5, 0.6) is 0 Å². The zero-order valence-electron chi connectivity index (χ0n) is 3.60. The fourth-order valence-corrected chi connectivity index (χ4v) is 0. The molecule has 0 aliphatic heterocycles. The summed E-state index contributed by atoms with van der Waals surface area (Å²) in [5, 5.41) is 0. The van der Waals surface area contributed by atoms with Crippen LogP contribution >= 0.6 is 22.6 Å². The summed E-state index contributed by atoms with van der Waals surface area (Å²) in [6, 6.07) is 0. The number of hydrogen-bond donors (Lipinski definition) is 0. The molecule has 0 aromatic rings. The summed E-state index contributed by atoms with van der Waals surface area (Å²) < 4.78 is 41.5. The van der Waals surface area contributed by atoms with E-state index < -0.39 is 9.85 Å². The fourth-order valence-electron chi connectivity index (χ4n) is 0. The predicted octanol–water partition coefficient (Wildman–Crippen LogP) is 2.48. The smallest absolute Gasteiger partial charge is 0.199 e. The Morgan fingerprint density at radius 2 is 1.25 bits per heavy atom. The second-order valence-corrected chi connectivity index (χ2v) is 2.56. The minimum atomic E-state index is -4.16. The van der Waals surface area contributed by atoms with E-state index in [1.165, 1.54) is 0 Å². The number of rotatable bonds is 1. The van der Waals surface area contributed by atoms with Gasteiger partial charge in [-0.2, -0.15) is 17.6 Å². The Balaban J connectivity index is 4.02. The van der Waals surface area contributed by atoms with E-state index in [2.05, 4.69) is 0 Å². The zero-order chi connectivity index (χ0) is 7.00. The molecule has 0 aromatic carbocycles. The van der Waals surface area contributed by atoms with Gasteiger partial charge in [0.1, 0.15) is 0 Å². The Hall–Kier alpha value is 0.450. The van der Waals surface area contributed by atoms with Crippen LogP contribution in [0.4, 0.5) is 17.6 Å². The maximum atomic E-state index is 11.4. The van der Waals surface area contributed by atoms with Gasteiger partial charge in [0.05, 0.1) is 0 Å². The standard InChI is InChI=1S/C3H2F4I/c1-2(4,5)3(6,7)8/h1H2. The molecule has 0 nitrogen and oxygen atoms in total. The molecule has 0 rings (SSSR count). The van der Waals surface area contributed by atoms with Crippen LogP contribution in [0.3, 0.4) is 0 Å². The maximum absolute atomic E-state index is 11.4. The van der Waals surface area contributed by atoms with Crippen LogP contribution < -0.4 is 0 Å². The van der Waals surface area contributed by atoms with Crippen molar-refractivity contribution < 1.29 is 17.6 Å². The largest absolute Gasteiger partial charge is 0.358 e. The molecule has 0 atom stereocenters. The summed E-state index contributed by atoms with van der Waals surface area (Å²) in [5.41, 5.74) is 0. The second-order valence-electron chi connectivity index (χ2n) is 1.20. The third-order valence-corrected chi connectivity index (χ3v) is 1.20. The summed E-state index contributed by atoms with van der Waals surface area (Å²) in [7, 11) is 0. The first-order valence-corrected chi connectivity index (χ1v) is 2.63. The van der Waals surface area contributed by atoms with Gasteiger partial charge in [0, 0.05) is 29.5 Å². The average molecular weight is 241 g/mol. The molecule has 8 heavy (non-hydrogen) atoms. The van der Waals surface area contributed by atoms with Crippen molar-refractivity contribution in [1.29, 1.82) is 0 Å². The lowest BCUT2D eigenvalue weighted by atomic mass is 10.4. The van der Waals surface area contributed by atoms with Gasteiger partial charge >= 0.3 is 9.85 Å². The number of halogens is 5. The van der Waals surface area contributed by atoms with Crippen LogP contribution in [0.15, 0.2) is 0 Å². The minimum Gasteiger partial charge on any atom is -0.199 e. The van der Waals surface area contributed by atoms with Crippen LogP contribution in [0.25, 0.3) is 0 Å². The lowest BCUT2D eigenvalue weighted by Crippen LogP contribution is -2.30. The van der Waals surface area contributed by atoms with E-state index in [1.54, 1.807) is 0 Å². The lowest BCUT2D eigenvalue weighted by molar-refractivity contribution is -0.106. The monoisotopic (exact) mass is 241 g/mol. The first kappa shape index (κ1) is 8.45. The Morgan fingerprint density at radius 3 is 1.25 bits per heavy atom. The second kappa shape index (κ2) is 2.00. The van der Waals surface area contributed by atoms with Crippen molar-refractivity contribution in [2.45, 2.75) is 9.85 Å². The van der Waals surface area contributed by atoms with Crippen molar-refractivity contribution in [3.8, 4) is 0 Å². The molecule has 5 heteroatoms. The van der Waals surface area contributed by atoms with Gasteiger partial charge in [-0.1, -0.05) is 0 Å². The molecular formula is C3H2F4I. The van der Waals surface area contributed by atoms with Crippen molar-refractivity contribution in [2.75, 3.05) is 0 Å². The summed E-state index contributed by atoms with van der Waals surface area (Å²) in [6.07, 6.45) is 0. The molecule has 0 saturated heterocycles. The molecule has 49 valence electrons. The van der Waals surface area contributed by atoms with Crippen molar-refractivity contribution in [3.63, 3.8) is 0 Å². The van der Waals surface area contributed by atoms with E-state index in [0.29, 0.717) is 22.6 Å². The third-order valence-electron chi connectivity index (χ3n) is 0.415. The molecule has 0 saturated carbocycles. The highest BCUT2D eigenvalue weighted by Gasteiger charge is 2.49. The minimum absolute atomic E-state index is 0.338. The Labute approximate surface area is 57.4 Å². The van der Waals surface area contributed by atoms with Gasteiger partial charge in [-0.15, -0.1) is 0 Å². The molecular weight excluding hydrogens is 239 g/mol. The first-order valence-electron chi connectivity index (χ1n) is 1.55. The average Bonchev–Trinajstić information content (AvgIpc) is 1.25. The highest BCUT2D eigenvalue weighted by Crippen LogP contribution is 2.38. The molecule has 0 fully saturated rings. The summed E-state index contributed by atoms with van der Waals surface area (Å²) in [6.45, 7) is 1.95. The number of hydrogen-bond acceptors (Lipinski definition) is 0. The van der Waals surface area contributed by atoms with Gasteiger partial charge in [0.15, 0.2) is 0 Å². The van der Waals surface area contributed by atoms with E-state index in [1.807, 2.05) is 6.92 Å². The van der Waals surface area contributed by atoms with E-state index in [4.69, 9.17) is 0 Å². The molecule has 0 bridgehead atoms. The molecule has 0 aromatic heterocycles. The quantitative estimate of drug-likeness (QED) is 0.376. The molecule has 0 unspecified atom stereocenters. The zero-order valence-corrected chi connectivity index (χ0v) is 5.75. The van der Waals surface area contributed by atoms with E-state index in [9.17, 15) is 17.6 Å². The van der Waals surface area contributed by atoms with Gasteiger partial charge in [0.2, 0.25) is 0 Å². The van der Waals surface area contributed by atoms with Crippen LogP contribution in [0.2, 0.25) is 0 Å². The molecule has 0 spiro atoms. The third kappa shape index (κ3) is 2.15. The molecule has 0 heterocycles. The van der Waals surface area contributed by atoms with Crippen LogP contribution in [-0.4, -0.2) is 9.85 Å². The summed E-state index contributed by atoms with van der Waals surface area (Å²) in [4.78, 5) is 0. The van der Waals surface area contributed by atoms with Crippen LogP contribution in [0, 0.1) is 6.92 Å². The van der Waals surface area contributed by atoms with Gasteiger partial charge in [-0.3, -0.25) is 0 Å². The lowest BCUT2D eigenvalue weighted by Gasteiger charge is -2.15. The predicted molar refractivity (Wildman–Crippen MR) is 29.3 cm³/mol. The topological polar surface area (TPSA) is 0 Å². The SMILES string of the molecule is [CH2]C(F)(F)C(F)(F)I. The van der Waals surface area contributed by atoms with Gasteiger partial charge < -0.3 is 0 Å². The van der Waals surface area contributed by atoms with Gasteiger partial charge in [0.25, 0.3) is 0 Å². The van der Waals surface area contributed by atoms with Crippen molar-refractivity contribution >= 4 is 22.6 Å². The van der Waals surface area contributed by atoms with E-state index in [-0.39, 0.29) is 0 Å². The van der Waals surface area contributed by atoms with Crippen LogP contribution in [-0.2, 0) is 0 Å². The Bertz CT molecular complexity index is 66.3. The Morgan fingerprint density at radius 1 is 1.12 bits per heavy atom. The van der Waals surface area contributed by atoms with Gasteiger partial charge in [-0.25, -0.2) is 0 Å². The first-order chi connectivity index (χ1) is 3.25. The Kier molecular flexibility index (Phi) is 2.11. The fraction of sp³-hybridized carbons (Fsp3) is 0.667. The number of alkyl halides is 5. The molecule has 0 N–H and O–H groups in total. The summed E-state index contributed by atoms with van der Waals surface area (Å²) in [5.74, 6) is -4.16. The van der Waals surface area contributed by atoms with E-state index >= 15 is 0 Å². The highest BCUT2D eigenvalue weighted by molar-refractivity contribution is 14.1. The molecule has 0 amide bonds. The molecule has 1 radical (unpaired) electrons. The van der Waals surface area contributed by atoms with Crippen molar-refractivity contribution in [3.05, 3.63) is 6.92 Å². The molecule has 0 aliphatic rings. The van der Waals surface area contributed by atoms with Crippen molar-refractivity contribution in [1.82, 2.24) is 0 Å². The van der Waals surface area contributed by atoms with Crippen LogP contribution in [0.1, 0.15) is 0 Å². The van der Waals surface area contributed by atoms with Crippen molar-refractivity contribution in [2.24, 2.45) is 0 Å². The normalized spacial score (nSPS) is 14.2. The van der Waals surface area contributed by atoms with Gasteiger partial charge in [-0.05, 0) is 0 Å². The summed E-state index contributed by atoms with van der Waals surface area (Å²) >= 11 is 0.338. The maximum Gasteiger partial charge on any atom is 0.358 e.